The van der Waals surface area contributed by atoms with Gasteiger partial charge in [0.05, 0.1) is 19.8 Å². The van der Waals surface area contributed by atoms with Gasteiger partial charge in [0.25, 0.3) is 13.1 Å². The molecule has 0 bridgehead atoms. The lowest BCUT2D eigenvalue weighted by atomic mass is 10.1. The molecule has 0 saturated carbocycles. The topological polar surface area (TPSA) is 45.9 Å². The predicted octanol–water partition coefficient (Wildman–Crippen LogP) is 3.98. The zero-order valence-corrected chi connectivity index (χ0v) is 17.1. The van der Waals surface area contributed by atoms with E-state index in [1.807, 2.05) is 0 Å². The second-order valence-electron chi connectivity index (χ2n) is 6.89. The summed E-state index contributed by atoms with van der Waals surface area (Å²) in [6.07, 6.45) is 13.6. The minimum absolute atomic E-state index is 0.736. The Kier molecular flexibility index (Phi) is 21.3. The molecule has 2 heterocycles. The fraction of sp³-hybridized carbons (Fsp3) is 0.905. The van der Waals surface area contributed by atoms with Gasteiger partial charge in [0, 0.05) is 19.5 Å². The molecule has 1 N–H and O–H groups in total. The van der Waals surface area contributed by atoms with Crippen LogP contribution in [-0.4, -0.2) is 63.7 Å². The van der Waals surface area contributed by atoms with Gasteiger partial charge >= 0.3 is 0 Å². The SMILES string of the molecule is C#[N+]CCN1CCOCC1.C1CCCNCC1.CCCCCCCC=O. The van der Waals surface area contributed by atoms with Crippen LogP contribution in [0.5, 0.6) is 0 Å². The number of rotatable bonds is 8. The van der Waals surface area contributed by atoms with E-state index in [1.165, 1.54) is 64.5 Å². The van der Waals surface area contributed by atoms with Gasteiger partial charge in [-0.3, -0.25) is 4.90 Å². The average molecular weight is 369 g/mol. The van der Waals surface area contributed by atoms with Crippen molar-refractivity contribution in [3.8, 4) is 6.57 Å². The number of hydrogen-bond acceptors (Lipinski definition) is 4. The summed E-state index contributed by atoms with van der Waals surface area (Å²) >= 11 is 0. The molecule has 0 aromatic carbocycles. The number of unbranched alkanes of at least 4 members (excludes halogenated alkanes) is 5. The van der Waals surface area contributed by atoms with E-state index in [1.54, 1.807) is 0 Å². The van der Waals surface area contributed by atoms with Crippen molar-refractivity contribution in [2.75, 3.05) is 52.5 Å². The van der Waals surface area contributed by atoms with Crippen LogP contribution in [-0.2, 0) is 9.53 Å². The summed E-state index contributed by atoms with van der Waals surface area (Å²) in [4.78, 5) is 15.7. The lowest BCUT2D eigenvalue weighted by molar-refractivity contribution is -0.107. The molecule has 0 spiro atoms. The summed E-state index contributed by atoms with van der Waals surface area (Å²) in [7, 11) is 0. The van der Waals surface area contributed by atoms with Crippen LogP contribution in [0.3, 0.4) is 0 Å². The molecular formula is C21H42N3O2+. The minimum atomic E-state index is 0.736. The maximum Gasteiger partial charge on any atom is 0.275 e. The maximum absolute atomic E-state index is 9.84. The van der Waals surface area contributed by atoms with Gasteiger partial charge in [-0.05, 0) is 32.4 Å². The Labute approximate surface area is 161 Å². The van der Waals surface area contributed by atoms with E-state index < -0.39 is 0 Å². The maximum atomic E-state index is 9.84. The lowest BCUT2D eigenvalue weighted by Crippen LogP contribution is -2.37. The Hall–Kier alpha value is -0.960. The van der Waals surface area contributed by atoms with Gasteiger partial charge in [-0.25, -0.2) is 0 Å². The second-order valence-corrected chi connectivity index (χ2v) is 6.89. The Morgan fingerprint density at radius 1 is 1.04 bits per heavy atom. The van der Waals surface area contributed by atoms with E-state index in [0.717, 1.165) is 58.5 Å². The van der Waals surface area contributed by atoms with E-state index in [2.05, 4.69) is 22.0 Å². The van der Waals surface area contributed by atoms with Crippen molar-refractivity contribution in [3.05, 3.63) is 4.85 Å². The quantitative estimate of drug-likeness (QED) is 0.520. The summed E-state index contributed by atoms with van der Waals surface area (Å²) in [5.74, 6) is 0. The highest BCUT2D eigenvalue weighted by Crippen LogP contribution is 2.03. The van der Waals surface area contributed by atoms with Gasteiger partial charge < -0.3 is 14.8 Å². The Morgan fingerprint density at radius 3 is 2.27 bits per heavy atom. The molecule has 2 aliphatic heterocycles. The van der Waals surface area contributed by atoms with Crippen LogP contribution in [0.25, 0.3) is 4.85 Å². The smallest absolute Gasteiger partial charge is 0.275 e. The highest BCUT2D eigenvalue weighted by Gasteiger charge is 2.10. The van der Waals surface area contributed by atoms with Crippen LogP contribution in [0.2, 0.25) is 0 Å². The van der Waals surface area contributed by atoms with E-state index in [4.69, 9.17) is 11.3 Å². The van der Waals surface area contributed by atoms with Gasteiger partial charge in [0.2, 0.25) is 0 Å². The molecule has 0 radical (unpaired) electrons. The largest absolute Gasteiger partial charge is 0.379 e. The molecular weight excluding hydrogens is 326 g/mol. The summed E-state index contributed by atoms with van der Waals surface area (Å²) < 4.78 is 5.18. The highest BCUT2D eigenvalue weighted by molar-refractivity contribution is 5.48. The van der Waals surface area contributed by atoms with Gasteiger partial charge in [0.1, 0.15) is 6.29 Å². The summed E-state index contributed by atoms with van der Waals surface area (Å²) in [6, 6.07) is 0. The Balaban J connectivity index is 0.000000366. The van der Waals surface area contributed by atoms with Gasteiger partial charge in [0.15, 0.2) is 0 Å². The molecule has 2 rings (SSSR count). The monoisotopic (exact) mass is 368 g/mol. The molecule has 5 heteroatoms. The first-order valence-corrected chi connectivity index (χ1v) is 10.7. The molecule has 0 amide bonds. The first-order chi connectivity index (χ1) is 12.8. The third-order valence-corrected chi connectivity index (χ3v) is 4.53. The molecule has 0 aliphatic carbocycles. The van der Waals surface area contributed by atoms with Crippen molar-refractivity contribution < 1.29 is 9.53 Å². The van der Waals surface area contributed by atoms with Crippen molar-refractivity contribution in [1.82, 2.24) is 10.2 Å². The number of nitrogens with one attached hydrogen (secondary N) is 1. The van der Waals surface area contributed by atoms with Crippen molar-refractivity contribution in [2.45, 2.75) is 71.1 Å². The second kappa shape index (κ2) is 22.1. The molecule has 0 aromatic rings. The number of nitrogens with zero attached hydrogens (tertiary/aromatic N) is 2. The first-order valence-electron chi connectivity index (χ1n) is 10.7. The van der Waals surface area contributed by atoms with Crippen LogP contribution < -0.4 is 5.32 Å². The van der Waals surface area contributed by atoms with Crippen molar-refractivity contribution in [2.24, 2.45) is 0 Å². The molecule has 152 valence electrons. The van der Waals surface area contributed by atoms with Crippen molar-refractivity contribution in [1.29, 1.82) is 0 Å². The third-order valence-electron chi connectivity index (χ3n) is 4.53. The number of aldehydes is 1. The number of hydrogen-bond donors (Lipinski definition) is 1. The number of morpholine rings is 1. The Bertz CT molecular complexity index is 306. The average Bonchev–Trinajstić information content (AvgIpc) is 3.01. The van der Waals surface area contributed by atoms with E-state index in [9.17, 15) is 4.79 Å². The lowest BCUT2D eigenvalue weighted by Gasteiger charge is -2.23. The molecule has 26 heavy (non-hydrogen) atoms. The third kappa shape index (κ3) is 19.4. The zero-order valence-electron chi connectivity index (χ0n) is 17.1. The molecule has 0 atom stereocenters. The predicted molar refractivity (Wildman–Crippen MR) is 111 cm³/mol. The van der Waals surface area contributed by atoms with Crippen LogP contribution >= 0.6 is 0 Å². The molecule has 2 fully saturated rings. The number of carbonyl (C=O) groups excluding carboxylic acids is 1. The van der Waals surface area contributed by atoms with Crippen LogP contribution in [0.15, 0.2) is 0 Å². The van der Waals surface area contributed by atoms with Gasteiger partial charge in [-0.1, -0.05) is 50.3 Å². The van der Waals surface area contributed by atoms with Crippen molar-refractivity contribution in [3.63, 3.8) is 0 Å². The van der Waals surface area contributed by atoms with E-state index >= 15 is 0 Å². The van der Waals surface area contributed by atoms with E-state index in [0.29, 0.717) is 0 Å². The zero-order chi connectivity index (χ0) is 19.1. The molecule has 2 aliphatic rings. The van der Waals surface area contributed by atoms with Crippen LogP contribution in [0, 0.1) is 6.57 Å². The van der Waals surface area contributed by atoms with E-state index in [-0.39, 0.29) is 0 Å². The minimum Gasteiger partial charge on any atom is -0.379 e. The summed E-state index contributed by atoms with van der Waals surface area (Å²) in [6.45, 7) is 15.2. The molecule has 5 nitrogen and oxygen atoms in total. The Morgan fingerprint density at radius 2 is 1.69 bits per heavy atom. The molecule has 0 aromatic heterocycles. The van der Waals surface area contributed by atoms with Crippen LogP contribution in [0.1, 0.15) is 71.1 Å². The van der Waals surface area contributed by atoms with Gasteiger partial charge in [-0.2, -0.15) is 0 Å². The number of ether oxygens (including phenoxy) is 1. The van der Waals surface area contributed by atoms with Gasteiger partial charge in [-0.15, -0.1) is 0 Å². The summed E-state index contributed by atoms with van der Waals surface area (Å²) in [5.41, 5.74) is 0. The molecule has 0 unspecified atom stereocenters. The fourth-order valence-corrected chi connectivity index (χ4v) is 2.83. The fourth-order valence-electron chi connectivity index (χ4n) is 2.83. The first kappa shape index (κ1) is 25.0. The standard InChI is InChI=1S/C8H16O.C7H13N2O.C6H13N/c1-2-3-4-5-6-7-8-9;1-8-2-3-9-4-6-10-7-5-9;1-2-4-6-7-5-3-1/h8H,2-7H2,1H3;1H,2-7H2;7H,1-6H2/q;+1;. The van der Waals surface area contributed by atoms with Crippen LogP contribution in [0.4, 0.5) is 0 Å². The number of carbonyl (C=O) groups is 1. The normalized spacial score (nSPS) is 17.5. The highest BCUT2D eigenvalue weighted by atomic mass is 16.5. The van der Waals surface area contributed by atoms with Crippen molar-refractivity contribution >= 4 is 6.29 Å². The molecule has 2 saturated heterocycles. The summed E-state index contributed by atoms with van der Waals surface area (Å²) in [5, 5.41) is 3.35.